The molecular formula is C18H22N4O. The summed E-state index contributed by atoms with van der Waals surface area (Å²) < 4.78 is 0. The summed E-state index contributed by atoms with van der Waals surface area (Å²) in [6, 6.07) is 14.1. The lowest BCUT2D eigenvalue weighted by Gasteiger charge is -2.18. The monoisotopic (exact) mass is 310 g/mol. The number of pyridine rings is 1. The fourth-order valence-corrected chi connectivity index (χ4v) is 2.86. The van der Waals surface area contributed by atoms with Crippen molar-refractivity contribution in [2.75, 3.05) is 24.5 Å². The van der Waals surface area contributed by atoms with E-state index in [9.17, 15) is 4.79 Å². The Morgan fingerprint density at radius 1 is 1.13 bits per heavy atom. The second-order valence-corrected chi connectivity index (χ2v) is 5.86. The molecule has 0 saturated carbocycles. The summed E-state index contributed by atoms with van der Waals surface area (Å²) in [5.74, 6) is 0.502. The summed E-state index contributed by atoms with van der Waals surface area (Å²) in [5, 5.41) is 5.85. The lowest BCUT2D eigenvalue weighted by molar-refractivity contribution is 0.239. The zero-order chi connectivity index (χ0) is 15.9. The zero-order valence-corrected chi connectivity index (χ0v) is 13.1. The van der Waals surface area contributed by atoms with Gasteiger partial charge in [-0.15, -0.1) is 0 Å². The molecule has 0 aliphatic carbocycles. The van der Waals surface area contributed by atoms with Crippen LogP contribution in [0.3, 0.4) is 0 Å². The highest BCUT2D eigenvalue weighted by Crippen LogP contribution is 2.22. The van der Waals surface area contributed by atoms with E-state index in [-0.39, 0.29) is 6.03 Å². The van der Waals surface area contributed by atoms with Crippen molar-refractivity contribution < 1.29 is 4.79 Å². The molecule has 1 aliphatic heterocycles. The molecule has 5 heteroatoms. The number of hydrogen-bond acceptors (Lipinski definition) is 3. The third kappa shape index (κ3) is 4.45. The van der Waals surface area contributed by atoms with Crippen molar-refractivity contribution in [3.05, 3.63) is 60.4 Å². The lowest BCUT2D eigenvalue weighted by Crippen LogP contribution is -2.38. The molecule has 5 nitrogen and oxygen atoms in total. The van der Waals surface area contributed by atoms with Crippen LogP contribution in [0.1, 0.15) is 12.0 Å². The van der Waals surface area contributed by atoms with Crippen molar-refractivity contribution in [2.24, 2.45) is 5.92 Å². The summed E-state index contributed by atoms with van der Waals surface area (Å²) in [6.45, 7) is 3.28. The van der Waals surface area contributed by atoms with Crippen molar-refractivity contribution in [1.82, 2.24) is 15.6 Å². The maximum Gasteiger partial charge on any atom is 0.315 e. The number of anilines is 1. The van der Waals surface area contributed by atoms with Gasteiger partial charge >= 0.3 is 6.03 Å². The van der Waals surface area contributed by atoms with E-state index >= 15 is 0 Å². The Labute approximate surface area is 136 Å². The average Bonchev–Trinajstić information content (AvgIpc) is 3.09. The molecule has 1 unspecified atom stereocenters. The normalized spacial score (nSPS) is 17.0. The largest absolute Gasteiger partial charge is 0.371 e. The molecule has 120 valence electrons. The smallest absolute Gasteiger partial charge is 0.315 e. The Hall–Kier alpha value is -2.56. The number of urea groups is 1. The summed E-state index contributed by atoms with van der Waals surface area (Å²) in [6.07, 6.45) is 4.57. The first-order valence-electron chi connectivity index (χ1n) is 8.02. The maximum atomic E-state index is 11.9. The Morgan fingerprint density at radius 3 is 2.70 bits per heavy atom. The van der Waals surface area contributed by atoms with Crippen LogP contribution >= 0.6 is 0 Å². The van der Waals surface area contributed by atoms with Crippen LogP contribution in [-0.4, -0.2) is 30.6 Å². The standard InChI is InChI=1S/C18H22N4O/c23-18(20-12-15-6-9-19-10-7-15)21-13-16-8-11-22(14-16)17-4-2-1-3-5-17/h1-7,9-10,16H,8,11-14H2,(H2,20,21,23). The fraction of sp³-hybridized carbons (Fsp3) is 0.333. The third-order valence-electron chi connectivity index (χ3n) is 4.16. The van der Waals surface area contributed by atoms with Gasteiger partial charge in [-0.25, -0.2) is 4.79 Å². The molecule has 0 bridgehead atoms. The molecule has 2 amide bonds. The zero-order valence-electron chi connectivity index (χ0n) is 13.1. The van der Waals surface area contributed by atoms with Crippen LogP contribution in [0.25, 0.3) is 0 Å². The van der Waals surface area contributed by atoms with Gasteiger partial charge in [-0.1, -0.05) is 18.2 Å². The molecule has 0 radical (unpaired) electrons. The first-order valence-corrected chi connectivity index (χ1v) is 8.02. The second-order valence-electron chi connectivity index (χ2n) is 5.86. The molecule has 23 heavy (non-hydrogen) atoms. The van der Waals surface area contributed by atoms with Crippen molar-refractivity contribution in [1.29, 1.82) is 0 Å². The third-order valence-corrected chi connectivity index (χ3v) is 4.16. The van der Waals surface area contributed by atoms with E-state index in [2.05, 4.69) is 44.8 Å². The van der Waals surface area contributed by atoms with E-state index in [4.69, 9.17) is 0 Å². The van der Waals surface area contributed by atoms with Crippen LogP contribution in [0.2, 0.25) is 0 Å². The van der Waals surface area contributed by atoms with Crippen molar-refractivity contribution >= 4 is 11.7 Å². The number of nitrogens with one attached hydrogen (secondary N) is 2. The van der Waals surface area contributed by atoms with Gasteiger partial charge in [0.2, 0.25) is 0 Å². The summed E-state index contributed by atoms with van der Waals surface area (Å²) >= 11 is 0. The van der Waals surface area contributed by atoms with Crippen LogP contribution < -0.4 is 15.5 Å². The number of aromatic nitrogens is 1. The fourth-order valence-electron chi connectivity index (χ4n) is 2.86. The molecular weight excluding hydrogens is 288 g/mol. The molecule has 2 heterocycles. The quantitative estimate of drug-likeness (QED) is 0.891. The number of hydrogen-bond donors (Lipinski definition) is 2. The number of nitrogens with zero attached hydrogens (tertiary/aromatic N) is 2. The summed E-state index contributed by atoms with van der Waals surface area (Å²) in [5.41, 5.74) is 2.31. The van der Waals surface area contributed by atoms with E-state index in [0.29, 0.717) is 19.0 Å². The number of rotatable bonds is 5. The molecule has 1 atom stereocenters. The summed E-state index contributed by atoms with van der Waals surface area (Å²) in [4.78, 5) is 18.2. The van der Waals surface area contributed by atoms with Gasteiger partial charge in [-0.2, -0.15) is 0 Å². The highest BCUT2D eigenvalue weighted by Gasteiger charge is 2.22. The molecule has 2 N–H and O–H groups in total. The number of para-hydroxylation sites is 1. The van der Waals surface area contributed by atoms with Crippen molar-refractivity contribution in [3.8, 4) is 0 Å². The number of benzene rings is 1. The number of amides is 2. The van der Waals surface area contributed by atoms with Crippen LogP contribution in [-0.2, 0) is 6.54 Å². The average molecular weight is 310 g/mol. The van der Waals surface area contributed by atoms with Crippen LogP contribution in [0, 0.1) is 5.92 Å². The number of carbonyl (C=O) groups excluding carboxylic acids is 1. The molecule has 0 spiro atoms. The van der Waals surface area contributed by atoms with Crippen LogP contribution in [0.5, 0.6) is 0 Å². The maximum absolute atomic E-state index is 11.9. The van der Waals surface area contributed by atoms with Gasteiger partial charge in [0.25, 0.3) is 0 Å². The van der Waals surface area contributed by atoms with E-state index < -0.39 is 0 Å². The molecule has 3 rings (SSSR count). The lowest BCUT2D eigenvalue weighted by atomic mass is 10.1. The molecule has 2 aromatic rings. The van der Waals surface area contributed by atoms with Crippen molar-refractivity contribution in [3.63, 3.8) is 0 Å². The molecule has 1 aromatic carbocycles. The van der Waals surface area contributed by atoms with E-state index in [1.165, 1.54) is 5.69 Å². The van der Waals surface area contributed by atoms with Gasteiger partial charge in [-0.3, -0.25) is 4.98 Å². The predicted molar refractivity (Wildman–Crippen MR) is 91.2 cm³/mol. The Morgan fingerprint density at radius 2 is 1.91 bits per heavy atom. The Bertz CT molecular complexity index is 617. The molecule has 1 aromatic heterocycles. The van der Waals surface area contributed by atoms with Gasteiger partial charge < -0.3 is 15.5 Å². The molecule has 1 saturated heterocycles. The highest BCUT2D eigenvalue weighted by atomic mass is 16.2. The Kier molecular flexibility index (Phi) is 5.09. The minimum atomic E-state index is -0.111. The predicted octanol–water partition coefficient (Wildman–Crippen LogP) is 2.41. The first-order chi connectivity index (χ1) is 11.3. The first kappa shape index (κ1) is 15.3. The highest BCUT2D eigenvalue weighted by molar-refractivity contribution is 5.73. The van der Waals surface area contributed by atoms with Crippen molar-refractivity contribution in [2.45, 2.75) is 13.0 Å². The van der Waals surface area contributed by atoms with E-state index in [0.717, 1.165) is 25.1 Å². The minimum Gasteiger partial charge on any atom is -0.371 e. The van der Waals surface area contributed by atoms with Gasteiger partial charge in [0.1, 0.15) is 0 Å². The summed E-state index contributed by atoms with van der Waals surface area (Å²) in [7, 11) is 0. The minimum absolute atomic E-state index is 0.111. The molecule has 1 aliphatic rings. The van der Waals surface area contributed by atoms with E-state index in [1.54, 1.807) is 12.4 Å². The van der Waals surface area contributed by atoms with Crippen LogP contribution in [0.15, 0.2) is 54.9 Å². The second kappa shape index (κ2) is 7.63. The van der Waals surface area contributed by atoms with Gasteiger partial charge in [0.15, 0.2) is 0 Å². The van der Waals surface area contributed by atoms with Gasteiger partial charge in [0, 0.05) is 44.3 Å². The molecule has 1 fully saturated rings. The van der Waals surface area contributed by atoms with Gasteiger partial charge in [0.05, 0.1) is 0 Å². The topological polar surface area (TPSA) is 57.3 Å². The van der Waals surface area contributed by atoms with Gasteiger partial charge in [-0.05, 0) is 42.2 Å². The van der Waals surface area contributed by atoms with Crippen LogP contribution in [0.4, 0.5) is 10.5 Å². The van der Waals surface area contributed by atoms with E-state index in [1.807, 2.05) is 18.2 Å². The number of carbonyl (C=O) groups is 1. The Balaban J connectivity index is 1.38. The SMILES string of the molecule is O=C(NCc1ccncc1)NCC1CCN(c2ccccc2)C1.